The van der Waals surface area contributed by atoms with E-state index in [1.54, 1.807) is 25.1 Å². The first-order valence-electron chi connectivity index (χ1n) is 8.21. The predicted molar refractivity (Wildman–Crippen MR) is 92.6 cm³/mol. The lowest BCUT2D eigenvalue weighted by Crippen LogP contribution is -2.44. The Kier molecular flexibility index (Phi) is 6.20. The van der Waals surface area contributed by atoms with Crippen molar-refractivity contribution in [3.8, 4) is 0 Å². The number of benzene rings is 1. The minimum atomic E-state index is -3.82. The molecule has 1 aromatic carbocycles. The summed E-state index contributed by atoms with van der Waals surface area (Å²) < 4.78 is 33.1. The van der Waals surface area contributed by atoms with Crippen molar-refractivity contribution in [2.24, 2.45) is 5.92 Å². The zero-order valence-corrected chi connectivity index (χ0v) is 15.0. The maximum atomic E-state index is 12.8. The van der Waals surface area contributed by atoms with Crippen LogP contribution in [0.4, 0.5) is 5.69 Å². The number of hydrogen-bond acceptors (Lipinski definition) is 6. The highest BCUT2D eigenvalue weighted by Crippen LogP contribution is 2.25. The molecule has 0 saturated carbocycles. The van der Waals surface area contributed by atoms with Crippen LogP contribution in [-0.4, -0.2) is 32.4 Å². The molecule has 1 aromatic rings. The number of rotatable bonds is 7. The van der Waals surface area contributed by atoms with Crippen molar-refractivity contribution in [1.29, 1.82) is 0 Å². The van der Waals surface area contributed by atoms with Gasteiger partial charge in [0.15, 0.2) is 5.37 Å². The molecule has 2 rings (SSSR count). The summed E-state index contributed by atoms with van der Waals surface area (Å²) in [7, 11) is -3.82. The van der Waals surface area contributed by atoms with E-state index in [4.69, 9.17) is 4.74 Å². The van der Waals surface area contributed by atoms with E-state index in [9.17, 15) is 13.2 Å². The second kappa shape index (κ2) is 7.96. The highest BCUT2D eigenvalue weighted by atomic mass is 32.2. The summed E-state index contributed by atoms with van der Waals surface area (Å²) in [6, 6.07) is 6.91. The summed E-state index contributed by atoms with van der Waals surface area (Å²) in [6.07, 6.45) is 1.41. The number of ether oxygens (including phenoxy) is 1. The maximum Gasteiger partial charge on any atom is 0.313 e. The summed E-state index contributed by atoms with van der Waals surface area (Å²) in [5, 5.41) is -1.09. The topological polar surface area (TPSA) is 96.5 Å². The van der Waals surface area contributed by atoms with Gasteiger partial charge in [-0.2, -0.15) is 0 Å². The quantitative estimate of drug-likeness (QED) is 0.640. The Morgan fingerprint density at radius 2 is 2.00 bits per heavy atom. The second-order valence-electron chi connectivity index (χ2n) is 5.70. The molecule has 1 saturated heterocycles. The molecule has 24 heavy (non-hydrogen) atoms. The molecule has 3 N–H and O–H groups in total. The van der Waals surface area contributed by atoms with Crippen LogP contribution in [0.3, 0.4) is 0 Å². The van der Waals surface area contributed by atoms with Crippen LogP contribution in [0.25, 0.3) is 0 Å². The molecule has 1 heterocycles. The van der Waals surface area contributed by atoms with E-state index in [2.05, 4.69) is 15.6 Å². The van der Waals surface area contributed by atoms with E-state index in [-0.39, 0.29) is 12.6 Å². The van der Waals surface area contributed by atoms with Crippen LogP contribution < -0.4 is 15.6 Å². The minimum Gasteiger partial charge on any atom is -0.466 e. The Hall–Kier alpha value is -1.64. The lowest BCUT2D eigenvalue weighted by molar-refractivity contribution is -0.148. The summed E-state index contributed by atoms with van der Waals surface area (Å²) in [5.41, 5.74) is 7.14. The summed E-state index contributed by atoms with van der Waals surface area (Å²) in [5.74, 6) is -1.32. The van der Waals surface area contributed by atoms with Gasteiger partial charge in [0.1, 0.15) is 5.92 Å². The van der Waals surface area contributed by atoms with Crippen molar-refractivity contribution < 1.29 is 17.9 Å². The van der Waals surface area contributed by atoms with E-state index in [1.165, 1.54) is 0 Å². The van der Waals surface area contributed by atoms with E-state index >= 15 is 0 Å². The number of aryl methyl sites for hydroxylation is 1. The Labute approximate surface area is 143 Å². The third-order valence-electron chi connectivity index (χ3n) is 4.10. The Balaban J connectivity index is 2.24. The normalized spacial score (nSPS) is 23.9. The van der Waals surface area contributed by atoms with Crippen LogP contribution in [0.5, 0.6) is 0 Å². The van der Waals surface area contributed by atoms with Crippen LogP contribution in [0.15, 0.2) is 24.3 Å². The van der Waals surface area contributed by atoms with Gasteiger partial charge >= 0.3 is 5.97 Å². The number of sulfonamides is 1. The molecule has 0 radical (unpaired) electrons. The fourth-order valence-electron chi connectivity index (χ4n) is 2.82. The SMILES string of the molecule is CCOC(=O)C1C(CC)NNC1S(=O)(=O)Nc1cccc(CC)c1. The molecule has 7 nitrogen and oxygen atoms in total. The second-order valence-corrected chi connectivity index (χ2v) is 7.50. The van der Waals surface area contributed by atoms with Gasteiger partial charge in [-0.05, 0) is 37.5 Å². The molecule has 0 aromatic heterocycles. The maximum absolute atomic E-state index is 12.8. The molecule has 0 aliphatic carbocycles. The molecule has 134 valence electrons. The van der Waals surface area contributed by atoms with E-state index in [0.29, 0.717) is 12.1 Å². The fraction of sp³-hybridized carbons (Fsp3) is 0.562. The van der Waals surface area contributed by atoms with Crippen LogP contribution in [0.2, 0.25) is 0 Å². The first-order valence-corrected chi connectivity index (χ1v) is 9.75. The fourth-order valence-corrected chi connectivity index (χ4v) is 4.31. The molecule has 0 bridgehead atoms. The number of hydrazine groups is 1. The van der Waals surface area contributed by atoms with Crippen molar-refractivity contribution in [1.82, 2.24) is 10.9 Å². The van der Waals surface area contributed by atoms with Crippen LogP contribution in [0, 0.1) is 5.92 Å². The van der Waals surface area contributed by atoms with Crippen LogP contribution in [0.1, 0.15) is 32.8 Å². The van der Waals surface area contributed by atoms with Crippen molar-refractivity contribution in [3.05, 3.63) is 29.8 Å². The van der Waals surface area contributed by atoms with Gasteiger partial charge in [0.05, 0.1) is 6.61 Å². The Bertz CT molecular complexity index is 678. The van der Waals surface area contributed by atoms with Crippen LogP contribution >= 0.6 is 0 Å². The minimum absolute atomic E-state index is 0.213. The van der Waals surface area contributed by atoms with Crippen molar-refractivity contribution >= 4 is 21.7 Å². The van der Waals surface area contributed by atoms with Gasteiger partial charge in [-0.1, -0.05) is 26.0 Å². The number of nitrogens with one attached hydrogen (secondary N) is 3. The monoisotopic (exact) mass is 355 g/mol. The van der Waals surface area contributed by atoms with Gasteiger partial charge in [-0.25, -0.2) is 13.8 Å². The average molecular weight is 355 g/mol. The smallest absolute Gasteiger partial charge is 0.313 e. The molecular weight excluding hydrogens is 330 g/mol. The number of carbonyl (C=O) groups excluding carboxylic acids is 1. The summed E-state index contributed by atoms with van der Waals surface area (Å²) >= 11 is 0. The average Bonchev–Trinajstić information content (AvgIpc) is 3.00. The molecule has 1 aliphatic heterocycles. The first kappa shape index (κ1) is 18.7. The Morgan fingerprint density at radius 3 is 2.62 bits per heavy atom. The van der Waals surface area contributed by atoms with Gasteiger partial charge < -0.3 is 4.74 Å². The summed E-state index contributed by atoms with van der Waals surface area (Å²) in [4.78, 5) is 12.2. The molecule has 1 aliphatic rings. The number of carbonyl (C=O) groups is 1. The van der Waals surface area contributed by atoms with Gasteiger partial charge in [0.2, 0.25) is 0 Å². The third kappa shape index (κ3) is 4.06. The lowest BCUT2D eigenvalue weighted by atomic mass is 10.00. The predicted octanol–water partition coefficient (Wildman–Crippen LogP) is 1.38. The third-order valence-corrected chi connectivity index (χ3v) is 5.70. The van der Waals surface area contributed by atoms with Crippen molar-refractivity contribution in [3.63, 3.8) is 0 Å². The molecule has 3 atom stereocenters. The summed E-state index contributed by atoms with van der Waals surface area (Å²) in [6.45, 7) is 5.80. The first-order chi connectivity index (χ1) is 11.4. The molecular formula is C16H25N3O4S. The molecule has 0 amide bonds. The number of anilines is 1. The van der Waals surface area contributed by atoms with E-state index < -0.39 is 27.3 Å². The zero-order valence-electron chi connectivity index (χ0n) is 14.2. The highest BCUT2D eigenvalue weighted by molar-refractivity contribution is 7.93. The molecule has 1 fully saturated rings. The van der Waals surface area contributed by atoms with Gasteiger partial charge in [0.25, 0.3) is 10.0 Å². The molecule has 3 unspecified atom stereocenters. The zero-order chi connectivity index (χ0) is 17.7. The molecule has 8 heteroatoms. The standard InChI is InChI=1S/C16H25N3O4S/c1-4-11-8-7-9-12(10-11)19-24(21,22)15-14(16(20)23-6-3)13(5-2)17-18-15/h7-10,13-15,17-19H,4-6H2,1-3H3. The van der Waals surface area contributed by atoms with Gasteiger partial charge in [0, 0.05) is 11.7 Å². The molecule has 0 spiro atoms. The number of esters is 1. The largest absolute Gasteiger partial charge is 0.466 e. The Morgan fingerprint density at radius 1 is 1.25 bits per heavy atom. The van der Waals surface area contributed by atoms with Gasteiger partial charge in [-0.15, -0.1) is 0 Å². The lowest BCUT2D eigenvalue weighted by Gasteiger charge is -2.21. The van der Waals surface area contributed by atoms with E-state index in [0.717, 1.165) is 12.0 Å². The van der Waals surface area contributed by atoms with Gasteiger partial charge in [-0.3, -0.25) is 14.9 Å². The highest BCUT2D eigenvalue weighted by Gasteiger charge is 2.48. The van der Waals surface area contributed by atoms with Crippen molar-refractivity contribution in [2.45, 2.75) is 45.0 Å². The number of hydrogen-bond donors (Lipinski definition) is 3. The van der Waals surface area contributed by atoms with Crippen molar-refractivity contribution in [2.75, 3.05) is 11.3 Å². The van der Waals surface area contributed by atoms with Crippen LogP contribution in [-0.2, 0) is 26.0 Å². The van der Waals surface area contributed by atoms with E-state index in [1.807, 2.05) is 19.9 Å².